The Morgan fingerprint density at radius 1 is 0.566 bits per heavy atom. The monoisotopic (exact) mass is 743 g/mol. The van der Waals surface area contributed by atoms with Crippen LogP contribution in [0.2, 0.25) is 0 Å². The van der Waals surface area contributed by atoms with Crippen LogP contribution in [0.3, 0.4) is 0 Å². The molecule has 0 rings (SSSR count). The number of carboxylic acid groups (broad SMARTS) is 1. The highest BCUT2D eigenvalue weighted by Gasteiger charge is 2.19. The van der Waals surface area contributed by atoms with Gasteiger partial charge in [-0.15, -0.1) is 0 Å². The van der Waals surface area contributed by atoms with E-state index in [0.29, 0.717) is 38.6 Å². The minimum atomic E-state index is -1.03. The number of hydrogen-bond acceptors (Lipinski definition) is 5. The second kappa shape index (κ2) is 40.5. The van der Waals surface area contributed by atoms with Crippen molar-refractivity contribution in [3.63, 3.8) is 0 Å². The molecule has 0 aliphatic carbocycles. The number of ether oxygens (including phenoxy) is 1. The van der Waals surface area contributed by atoms with Crippen molar-refractivity contribution in [1.29, 1.82) is 0 Å². The van der Waals surface area contributed by atoms with E-state index in [1.54, 1.807) is 0 Å². The first-order chi connectivity index (χ1) is 25.9. The molecule has 0 aliphatic heterocycles. The van der Waals surface area contributed by atoms with Crippen molar-refractivity contribution >= 4 is 17.8 Å². The standard InChI is InChI=1S/C46H82N2O5/c1-3-5-7-9-11-13-15-16-17-18-19-20-21-23-25-27-29-34-40-45(50)53-42(36-31-28-26-24-22-14-12-10-8-6-4-2)37-32-30-33-39-44(49)48-43(46(51)52)38-35-41-47/h6,8,12,14,24,26,31,36,42-43H,3-5,7,9-11,13,15-23,25,27-30,32-35,37-41,47H2,1-2H3,(H,48,49)(H,51,52)/b8-6-,14-12-,26-24-,36-31-. The van der Waals surface area contributed by atoms with E-state index < -0.39 is 12.0 Å². The first-order valence-electron chi connectivity index (χ1n) is 22.0. The topological polar surface area (TPSA) is 119 Å². The zero-order valence-electron chi connectivity index (χ0n) is 34.4. The number of carbonyl (C=O) groups is 3. The first-order valence-corrected chi connectivity index (χ1v) is 22.0. The van der Waals surface area contributed by atoms with Gasteiger partial charge in [0.2, 0.25) is 5.91 Å². The molecular formula is C46H82N2O5. The van der Waals surface area contributed by atoms with Crippen LogP contribution in [-0.4, -0.2) is 41.6 Å². The Morgan fingerprint density at radius 3 is 1.51 bits per heavy atom. The molecule has 306 valence electrons. The average Bonchev–Trinajstić information content (AvgIpc) is 3.14. The van der Waals surface area contributed by atoms with Gasteiger partial charge in [-0.1, -0.05) is 172 Å². The third-order valence-electron chi connectivity index (χ3n) is 9.64. The molecule has 0 radical (unpaired) electrons. The molecular weight excluding hydrogens is 661 g/mol. The summed E-state index contributed by atoms with van der Waals surface area (Å²) in [5, 5.41) is 11.9. The Kier molecular flexibility index (Phi) is 38.5. The number of unbranched alkanes of at least 4 members (excludes halogenated alkanes) is 19. The summed E-state index contributed by atoms with van der Waals surface area (Å²) in [4.78, 5) is 36.4. The summed E-state index contributed by atoms with van der Waals surface area (Å²) in [6, 6.07) is -0.892. The molecule has 2 unspecified atom stereocenters. The van der Waals surface area contributed by atoms with Gasteiger partial charge in [-0.25, -0.2) is 4.79 Å². The number of nitrogens with two attached hydrogens (primary N) is 1. The molecule has 0 aromatic heterocycles. The van der Waals surface area contributed by atoms with E-state index in [1.807, 2.05) is 6.08 Å². The fraction of sp³-hybridized carbons (Fsp3) is 0.761. The first kappa shape index (κ1) is 50.3. The van der Waals surface area contributed by atoms with Crippen LogP contribution in [0, 0.1) is 0 Å². The lowest BCUT2D eigenvalue weighted by atomic mass is 10.0. The summed E-state index contributed by atoms with van der Waals surface area (Å²) in [6.07, 6.45) is 48.9. The number of rotatable bonds is 39. The van der Waals surface area contributed by atoms with Crippen molar-refractivity contribution in [3.8, 4) is 0 Å². The normalized spacial score (nSPS) is 13.1. The van der Waals surface area contributed by atoms with Crippen LogP contribution in [0.5, 0.6) is 0 Å². The number of hydrogen-bond donors (Lipinski definition) is 3. The molecule has 0 aromatic carbocycles. The maximum Gasteiger partial charge on any atom is 0.326 e. The number of carboxylic acids is 1. The summed E-state index contributed by atoms with van der Waals surface area (Å²) < 4.78 is 5.90. The van der Waals surface area contributed by atoms with Crippen molar-refractivity contribution in [2.75, 3.05) is 6.54 Å². The van der Waals surface area contributed by atoms with Crippen LogP contribution < -0.4 is 11.1 Å². The van der Waals surface area contributed by atoms with E-state index in [4.69, 9.17) is 10.5 Å². The van der Waals surface area contributed by atoms with Crippen molar-refractivity contribution < 1.29 is 24.2 Å². The average molecular weight is 743 g/mol. The lowest BCUT2D eigenvalue weighted by molar-refractivity contribution is -0.147. The predicted molar refractivity (Wildman–Crippen MR) is 225 cm³/mol. The van der Waals surface area contributed by atoms with Gasteiger partial charge in [0, 0.05) is 12.8 Å². The highest BCUT2D eigenvalue weighted by molar-refractivity contribution is 5.83. The number of esters is 1. The van der Waals surface area contributed by atoms with Crippen LogP contribution in [0.25, 0.3) is 0 Å². The minimum absolute atomic E-state index is 0.134. The summed E-state index contributed by atoms with van der Waals surface area (Å²) >= 11 is 0. The smallest absolute Gasteiger partial charge is 0.326 e. The Hall–Kier alpha value is -2.67. The minimum Gasteiger partial charge on any atom is -0.480 e. The van der Waals surface area contributed by atoms with Crippen molar-refractivity contribution in [2.24, 2.45) is 5.73 Å². The highest BCUT2D eigenvalue weighted by atomic mass is 16.5. The van der Waals surface area contributed by atoms with Crippen LogP contribution in [0.1, 0.15) is 206 Å². The quantitative estimate of drug-likeness (QED) is 0.0328. The SMILES string of the molecule is CC/C=C\C/C=C\C/C=C\C/C=C\C(CCCCCC(=O)NC(CCCN)C(=O)O)OC(=O)CCCCCCCCCCCCCCCCCCCC. The van der Waals surface area contributed by atoms with Crippen LogP contribution >= 0.6 is 0 Å². The van der Waals surface area contributed by atoms with E-state index in [2.05, 4.69) is 61.7 Å². The lowest BCUT2D eigenvalue weighted by Crippen LogP contribution is -2.40. The molecule has 7 nitrogen and oxygen atoms in total. The predicted octanol–water partition coefficient (Wildman–Crippen LogP) is 12.4. The van der Waals surface area contributed by atoms with Gasteiger partial charge in [-0.05, 0) is 76.8 Å². The Balaban J connectivity index is 4.35. The van der Waals surface area contributed by atoms with Crippen LogP contribution in [0.4, 0.5) is 0 Å². The second-order valence-corrected chi connectivity index (χ2v) is 14.7. The Labute approximate surface area is 326 Å². The van der Waals surface area contributed by atoms with Gasteiger partial charge in [0.1, 0.15) is 12.1 Å². The zero-order valence-corrected chi connectivity index (χ0v) is 34.4. The molecule has 4 N–H and O–H groups in total. The summed E-state index contributed by atoms with van der Waals surface area (Å²) in [5.41, 5.74) is 5.49. The molecule has 0 aliphatic rings. The maximum atomic E-state index is 12.7. The molecule has 0 heterocycles. The van der Waals surface area contributed by atoms with Crippen molar-refractivity contribution in [1.82, 2.24) is 5.32 Å². The molecule has 53 heavy (non-hydrogen) atoms. The highest BCUT2D eigenvalue weighted by Crippen LogP contribution is 2.16. The van der Waals surface area contributed by atoms with Crippen LogP contribution in [-0.2, 0) is 19.1 Å². The van der Waals surface area contributed by atoms with Gasteiger partial charge in [0.25, 0.3) is 0 Å². The van der Waals surface area contributed by atoms with Gasteiger partial charge >= 0.3 is 11.9 Å². The molecule has 0 aromatic rings. The molecule has 0 bridgehead atoms. The molecule has 7 heteroatoms. The lowest BCUT2D eigenvalue weighted by Gasteiger charge is -2.15. The number of nitrogens with one attached hydrogen (secondary N) is 1. The van der Waals surface area contributed by atoms with Gasteiger partial charge < -0.3 is 20.9 Å². The van der Waals surface area contributed by atoms with E-state index >= 15 is 0 Å². The number of aliphatic carboxylic acids is 1. The third kappa shape index (κ3) is 37.4. The van der Waals surface area contributed by atoms with Crippen molar-refractivity contribution in [3.05, 3.63) is 48.6 Å². The Bertz CT molecular complexity index is 973. The summed E-state index contributed by atoms with van der Waals surface area (Å²) in [6.45, 7) is 4.81. The molecule has 1 amide bonds. The van der Waals surface area contributed by atoms with Crippen LogP contribution in [0.15, 0.2) is 48.6 Å². The molecule has 0 fully saturated rings. The van der Waals surface area contributed by atoms with Gasteiger partial charge in [0.05, 0.1) is 0 Å². The summed E-state index contributed by atoms with van der Waals surface area (Å²) in [5.74, 6) is -1.41. The van der Waals surface area contributed by atoms with E-state index in [-0.39, 0.29) is 24.4 Å². The van der Waals surface area contributed by atoms with Gasteiger partial charge in [0.15, 0.2) is 0 Å². The molecule has 0 saturated heterocycles. The van der Waals surface area contributed by atoms with Crippen molar-refractivity contribution in [2.45, 2.75) is 219 Å². The second-order valence-electron chi connectivity index (χ2n) is 14.7. The number of carbonyl (C=O) groups excluding carboxylic acids is 2. The fourth-order valence-corrected chi connectivity index (χ4v) is 6.36. The molecule has 0 saturated carbocycles. The Morgan fingerprint density at radius 2 is 1.02 bits per heavy atom. The largest absolute Gasteiger partial charge is 0.480 e. The van der Waals surface area contributed by atoms with E-state index in [0.717, 1.165) is 51.4 Å². The third-order valence-corrected chi connectivity index (χ3v) is 9.64. The molecule has 2 atom stereocenters. The molecule has 0 spiro atoms. The zero-order chi connectivity index (χ0) is 38.9. The number of allylic oxidation sites excluding steroid dienone is 7. The van der Waals surface area contributed by atoms with Gasteiger partial charge in [-0.2, -0.15) is 0 Å². The van der Waals surface area contributed by atoms with E-state index in [9.17, 15) is 19.5 Å². The maximum absolute atomic E-state index is 12.7. The fourth-order valence-electron chi connectivity index (χ4n) is 6.36. The number of amides is 1. The van der Waals surface area contributed by atoms with Gasteiger partial charge in [-0.3, -0.25) is 9.59 Å². The van der Waals surface area contributed by atoms with E-state index in [1.165, 1.54) is 103 Å². The summed E-state index contributed by atoms with van der Waals surface area (Å²) in [7, 11) is 0.